The van der Waals surface area contributed by atoms with Gasteiger partial charge >= 0.3 is 0 Å². The number of hydrogen-bond donors (Lipinski definition) is 1. The predicted octanol–water partition coefficient (Wildman–Crippen LogP) is 3.50. The van der Waals surface area contributed by atoms with Gasteiger partial charge in [0.05, 0.1) is 5.92 Å². The maximum atomic E-state index is 12.8. The molecule has 2 N–H and O–H groups in total. The number of benzene rings is 1. The van der Waals surface area contributed by atoms with Crippen LogP contribution in [0.2, 0.25) is 0 Å². The van der Waals surface area contributed by atoms with Crippen LogP contribution in [-0.4, -0.2) is 23.4 Å². The van der Waals surface area contributed by atoms with Gasteiger partial charge < -0.3 is 10.6 Å². The summed E-state index contributed by atoms with van der Waals surface area (Å²) in [5, 5.41) is 0. The van der Waals surface area contributed by atoms with Crippen molar-refractivity contribution in [3.63, 3.8) is 0 Å². The molecular formula is C18H28N2O. The molecule has 1 aromatic carbocycles. The number of carbonyl (C=O) groups excluding carboxylic acids is 1. The molecule has 3 heteroatoms. The zero-order valence-electron chi connectivity index (χ0n) is 13.3. The molecule has 2 atom stereocenters. The van der Waals surface area contributed by atoms with E-state index in [1.54, 1.807) is 0 Å². The molecule has 0 radical (unpaired) electrons. The van der Waals surface area contributed by atoms with E-state index in [0.29, 0.717) is 6.04 Å². The molecule has 2 rings (SSSR count). The van der Waals surface area contributed by atoms with Crippen molar-refractivity contribution in [2.24, 2.45) is 11.7 Å². The van der Waals surface area contributed by atoms with Gasteiger partial charge in [-0.3, -0.25) is 4.79 Å². The van der Waals surface area contributed by atoms with Crippen molar-refractivity contribution in [2.45, 2.75) is 58.0 Å². The summed E-state index contributed by atoms with van der Waals surface area (Å²) in [6, 6.07) is 10.1. The van der Waals surface area contributed by atoms with E-state index in [-0.39, 0.29) is 17.9 Å². The molecule has 0 spiro atoms. The minimum absolute atomic E-state index is 0.172. The van der Waals surface area contributed by atoms with Crippen molar-refractivity contribution in [3.8, 4) is 0 Å². The highest BCUT2D eigenvalue weighted by Gasteiger charge is 2.30. The third-order valence-corrected chi connectivity index (χ3v) is 4.75. The average Bonchev–Trinajstić information content (AvgIpc) is 2.56. The largest absolute Gasteiger partial charge is 0.340 e. The highest BCUT2D eigenvalue weighted by atomic mass is 16.2. The molecule has 0 aromatic heterocycles. The third-order valence-electron chi connectivity index (χ3n) is 4.75. The summed E-state index contributed by atoms with van der Waals surface area (Å²) in [5.41, 5.74) is 7.35. The first-order chi connectivity index (χ1) is 10.1. The van der Waals surface area contributed by atoms with Crippen LogP contribution in [-0.2, 0) is 4.79 Å². The van der Waals surface area contributed by atoms with E-state index in [0.717, 1.165) is 24.9 Å². The molecule has 1 fully saturated rings. The summed E-state index contributed by atoms with van der Waals surface area (Å²) in [7, 11) is 0. The molecule has 1 saturated carbocycles. The zero-order valence-corrected chi connectivity index (χ0v) is 13.3. The van der Waals surface area contributed by atoms with Crippen molar-refractivity contribution < 1.29 is 4.79 Å². The molecule has 0 heterocycles. The second-order valence-electron chi connectivity index (χ2n) is 6.14. The molecule has 1 aliphatic carbocycles. The van der Waals surface area contributed by atoms with E-state index in [9.17, 15) is 4.79 Å². The van der Waals surface area contributed by atoms with Gasteiger partial charge in [0.15, 0.2) is 0 Å². The summed E-state index contributed by atoms with van der Waals surface area (Å²) in [5.74, 6) is 0.0371. The number of nitrogens with zero attached hydrogens (tertiary/aromatic N) is 1. The van der Waals surface area contributed by atoms with Crippen LogP contribution < -0.4 is 5.73 Å². The van der Waals surface area contributed by atoms with Crippen LogP contribution >= 0.6 is 0 Å². The van der Waals surface area contributed by atoms with Gasteiger partial charge in [0.1, 0.15) is 0 Å². The fourth-order valence-corrected chi connectivity index (χ4v) is 3.37. The van der Waals surface area contributed by atoms with E-state index in [1.807, 2.05) is 37.3 Å². The van der Waals surface area contributed by atoms with Crippen molar-refractivity contribution in [1.82, 2.24) is 4.90 Å². The van der Waals surface area contributed by atoms with Gasteiger partial charge in [0, 0.05) is 18.6 Å². The first kappa shape index (κ1) is 16.0. The first-order valence-electron chi connectivity index (χ1n) is 8.26. The summed E-state index contributed by atoms with van der Waals surface area (Å²) < 4.78 is 0. The number of carbonyl (C=O) groups is 1. The van der Waals surface area contributed by atoms with Gasteiger partial charge in [-0.05, 0) is 25.3 Å². The lowest BCUT2D eigenvalue weighted by molar-refractivity contribution is -0.138. The summed E-state index contributed by atoms with van der Waals surface area (Å²) in [6.07, 6.45) is 6.09. The van der Waals surface area contributed by atoms with Crippen LogP contribution in [0.4, 0.5) is 0 Å². The normalized spacial score (nSPS) is 19.0. The lowest BCUT2D eigenvalue weighted by Crippen LogP contribution is -2.46. The fraction of sp³-hybridized carbons (Fsp3) is 0.611. The minimum atomic E-state index is -0.226. The molecule has 1 amide bonds. The van der Waals surface area contributed by atoms with Gasteiger partial charge in [0.2, 0.25) is 5.91 Å². The molecule has 1 aromatic rings. The number of rotatable bonds is 5. The Kier molecular flexibility index (Phi) is 5.80. The van der Waals surface area contributed by atoms with Gasteiger partial charge in [0.25, 0.3) is 0 Å². The number of nitrogens with two attached hydrogens (primary N) is 1. The lowest BCUT2D eigenvalue weighted by Gasteiger charge is -2.36. The molecule has 0 saturated heterocycles. The fourth-order valence-electron chi connectivity index (χ4n) is 3.37. The monoisotopic (exact) mass is 288 g/mol. The molecule has 3 nitrogen and oxygen atoms in total. The maximum absolute atomic E-state index is 12.8. The van der Waals surface area contributed by atoms with Crippen LogP contribution in [0.15, 0.2) is 30.3 Å². The minimum Gasteiger partial charge on any atom is -0.340 e. The van der Waals surface area contributed by atoms with Crippen LogP contribution in [0.1, 0.15) is 57.6 Å². The highest BCUT2D eigenvalue weighted by molar-refractivity contribution is 5.79. The van der Waals surface area contributed by atoms with E-state index in [1.165, 1.54) is 19.3 Å². The molecular weight excluding hydrogens is 260 g/mol. The molecule has 0 aliphatic heterocycles. The highest BCUT2D eigenvalue weighted by Crippen LogP contribution is 2.27. The standard InChI is InChI=1S/C18H28N2O/c1-3-20(16-12-8-5-9-13-16)18(21)14(2)17(19)15-10-6-4-7-11-15/h4,6-7,10-11,14,16-17H,3,5,8-9,12-13,19H2,1-2H3. The van der Waals surface area contributed by atoms with Crippen molar-refractivity contribution in [1.29, 1.82) is 0 Å². The average molecular weight is 288 g/mol. The third kappa shape index (κ3) is 3.85. The Hall–Kier alpha value is -1.35. The Labute approximate surface area is 128 Å². The van der Waals surface area contributed by atoms with Gasteiger partial charge in [-0.25, -0.2) is 0 Å². The molecule has 21 heavy (non-hydrogen) atoms. The van der Waals surface area contributed by atoms with Crippen molar-refractivity contribution in [2.75, 3.05) is 6.54 Å². The van der Waals surface area contributed by atoms with Gasteiger partial charge in [-0.15, -0.1) is 0 Å². The van der Waals surface area contributed by atoms with Crippen LogP contribution in [0.25, 0.3) is 0 Å². The lowest BCUT2D eigenvalue weighted by atomic mass is 9.90. The molecule has 2 unspecified atom stereocenters. The topological polar surface area (TPSA) is 46.3 Å². The predicted molar refractivity (Wildman–Crippen MR) is 86.8 cm³/mol. The van der Waals surface area contributed by atoms with Crippen LogP contribution in [0, 0.1) is 5.92 Å². The van der Waals surface area contributed by atoms with E-state index < -0.39 is 0 Å². The second-order valence-corrected chi connectivity index (χ2v) is 6.14. The Morgan fingerprint density at radius 2 is 1.86 bits per heavy atom. The maximum Gasteiger partial charge on any atom is 0.227 e. The number of hydrogen-bond acceptors (Lipinski definition) is 2. The van der Waals surface area contributed by atoms with Crippen molar-refractivity contribution >= 4 is 5.91 Å². The van der Waals surface area contributed by atoms with Crippen molar-refractivity contribution in [3.05, 3.63) is 35.9 Å². The summed E-state index contributed by atoms with van der Waals surface area (Å²) >= 11 is 0. The van der Waals surface area contributed by atoms with Gasteiger partial charge in [-0.1, -0.05) is 56.5 Å². The summed E-state index contributed by atoms with van der Waals surface area (Å²) in [4.78, 5) is 14.9. The Morgan fingerprint density at radius 1 is 1.24 bits per heavy atom. The smallest absolute Gasteiger partial charge is 0.227 e. The molecule has 1 aliphatic rings. The molecule has 0 bridgehead atoms. The van der Waals surface area contributed by atoms with Gasteiger partial charge in [-0.2, -0.15) is 0 Å². The van der Waals surface area contributed by atoms with E-state index >= 15 is 0 Å². The summed E-state index contributed by atoms with van der Waals surface area (Å²) in [6.45, 7) is 4.83. The first-order valence-corrected chi connectivity index (χ1v) is 8.26. The Morgan fingerprint density at radius 3 is 2.43 bits per heavy atom. The Bertz CT molecular complexity index is 440. The van der Waals surface area contributed by atoms with E-state index in [4.69, 9.17) is 5.73 Å². The Balaban J connectivity index is 2.05. The quantitative estimate of drug-likeness (QED) is 0.901. The zero-order chi connectivity index (χ0) is 15.2. The van der Waals surface area contributed by atoms with Crippen LogP contribution in [0.5, 0.6) is 0 Å². The number of amides is 1. The SMILES string of the molecule is CCN(C(=O)C(C)C(N)c1ccccc1)C1CCCCC1. The van der Waals surface area contributed by atoms with Crippen LogP contribution in [0.3, 0.4) is 0 Å². The molecule has 116 valence electrons. The van der Waals surface area contributed by atoms with E-state index in [2.05, 4.69) is 11.8 Å². The second kappa shape index (κ2) is 7.60.